The van der Waals surface area contributed by atoms with Crippen molar-refractivity contribution in [3.8, 4) is 0 Å². The summed E-state index contributed by atoms with van der Waals surface area (Å²) in [5.74, 6) is -0.695. The van der Waals surface area contributed by atoms with E-state index in [1.807, 2.05) is 6.92 Å². The van der Waals surface area contributed by atoms with Gasteiger partial charge in [0.25, 0.3) is 0 Å². The van der Waals surface area contributed by atoms with Crippen LogP contribution in [0.4, 0.5) is 0 Å². The molecule has 0 amide bonds. The van der Waals surface area contributed by atoms with E-state index in [0.717, 1.165) is 5.69 Å². The van der Waals surface area contributed by atoms with Gasteiger partial charge in [-0.05, 0) is 12.0 Å². The molecule has 1 aliphatic carbocycles. The molecule has 0 radical (unpaired) electrons. The van der Waals surface area contributed by atoms with Crippen molar-refractivity contribution in [2.75, 3.05) is 0 Å². The molecular formula is C9H10N2O2. The summed E-state index contributed by atoms with van der Waals surface area (Å²) in [6.45, 7) is 1.94. The zero-order valence-corrected chi connectivity index (χ0v) is 7.21. The number of aliphatic carboxylic acids is 1. The average molecular weight is 178 g/mol. The second-order valence-electron chi connectivity index (χ2n) is 3.38. The van der Waals surface area contributed by atoms with E-state index >= 15 is 0 Å². The third-order valence-electron chi connectivity index (χ3n) is 2.61. The maximum Gasteiger partial charge on any atom is 0.307 e. The minimum Gasteiger partial charge on any atom is -0.481 e. The SMILES string of the molecule is CC1C(C(=O)O)C1c1ccncn1. The number of hydrogen-bond acceptors (Lipinski definition) is 3. The van der Waals surface area contributed by atoms with E-state index in [1.54, 1.807) is 12.3 Å². The third-order valence-corrected chi connectivity index (χ3v) is 2.61. The average Bonchev–Trinajstić information content (AvgIpc) is 2.79. The van der Waals surface area contributed by atoms with Crippen LogP contribution in [-0.4, -0.2) is 21.0 Å². The standard InChI is InChI=1S/C9H10N2O2/c1-5-7(8(5)9(12)13)6-2-3-10-4-11-6/h2-5,7-8H,1H3,(H,12,13). The zero-order valence-electron chi connectivity index (χ0n) is 7.21. The highest BCUT2D eigenvalue weighted by atomic mass is 16.4. The highest BCUT2D eigenvalue weighted by Crippen LogP contribution is 2.52. The molecule has 1 heterocycles. The van der Waals surface area contributed by atoms with Crippen LogP contribution in [0, 0.1) is 11.8 Å². The Labute approximate surface area is 75.6 Å². The van der Waals surface area contributed by atoms with Crippen LogP contribution >= 0.6 is 0 Å². The summed E-state index contributed by atoms with van der Waals surface area (Å²) in [6, 6.07) is 1.78. The van der Waals surface area contributed by atoms with E-state index in [0.29, 0.717) is 0 Å². The Kier molecular flexibility index (Phi) is 1.76. The molecule has 1 aromatic rings. The first-order valence-corrected chi connectivity index (χ1v) is 4.20. The van der Waals surface area contributed by atoms with Crippen molar-refractivity contribution in [1.29, 1.82) is 0 Å². The molecule has 4 heteroatoms. The number of rotatable bonds is 2. The normalized spacial score (nSPS) is 31.3. The summed E-state index contributed by atoms with van der Waals surface area (Å²) in [5, 5.41) is 8.81. The van der Waals surface area contributed by atoms with E-state index in [2.05, 4.69) is 9.97 Å². The van der Waals surface area contributed by atoms with Crippen LogP contribution in [0.2, 0.25) is 0 Å². The van der Waals surface area contributed by atoms with Crippen LogP contribution in [0.3, 0.4) is 0 Å². The first-order valence-electron chi connectivity index (χ1n) is 4.20. The minimum absolute atomic E-state index is 0.0838. The monoisotopic (exact) mass is 178 g/mol. The molecule has 4 nitrogen and oxygen atoms in total. The van der Waals surface area contributed by atoms with Gasteiger partial charge in [-0.15, -0.1) is 0 Å². The van der Waals surface area contributed by atoms with Crippen molar-refractivity contribution < 1.29 is 9.90 Å². The zero-order chi connectivity index (χ0) is 9.42. The number of aromatic nitrogens is 2. The Morgan fingerprint density at radius 1 is 1.62 bits per heavy atom. The van der Waals surface area contributed by atoms with E-state index < -0.39 is 5.97 Å². The van der Waals surface area contributed by atoms with Crippen LogP contribution in [0.5, 0.6) is 0 Å². The van der Waals surface area contributed by atoms with Gasteiger partial charge in [-0.1, -0.05) is 6.92 Å². The fraction of sp³-hybridized carbons (Fsp3) is 0.444. The second kappa shape index (κ2) is 2.80. The maximum atomic E-state index is 10.7. The Balaban J connectivity index is 2.18. The highest BCUT2D eigenvalue weighted by molar-refractivity contribution is 5.75. The molecule has 3 unspecified atom stereocenters. The molecule has 3 atom stereocenters. The summed E-state index contributed by atoms with van der Waals surface area (Å²) < 4.78 is 0. The lowest BCUT2D eigenvalue weighted by Gasteiger charge is -1.94. The van der Waals surface area contributed by atoms with E-state index in [1.165, 1.54) is 6.33 Å². The van der Waals surface area contributed by atoms with Gasteiger partial charge >= 0.3 is 5.97 Å². The first kappa shape index (κ1) is 8.16. The van der Waals surface area contributed by atoms with Crippen molar-refractivity contribution in [3.05, 3.63) is 24.3 Å². The fourth-order valence-corrected chi connectivity index (χ4v) is 1.79. The van der Waals surface area contributed by atoms with Crippen LogP contribution in [0.15, 0.2) is 18.6 Å². The van der Waals surface area contributed by atoms with Crippen molar-refractivity contribution >= 4 is 5.97 Å². The van der Waals surface area contributed by atoms with Gasteiger partial charge in [-0.25, -0.2) is 9.97 Å². The van der Waals surface area contributed by atoms with Crippen LogP contribution < -0.4 is 0 Å². The quantitative estimate of drug-likeness (QED) is 0.731. The molecule has 1 saturated carbocycles. The minimum atomic E-state index is -0.726. The smallest absolute Gasteiger partial charge is 0.307 e. The lowest BCUT2D eigenvalue weighted by Crippen LogP contribution is -2.00. The number of carboxylic acid groups (broad SMARTS) is 1. The van der Waals surface area contributed by atoms with Crippen molar-refractivity contribution in [2.24, 2.45) is 11.8 Å². The Bertz CT molecular complexity index is 326. The molecule has 0 spiro atoms. The largest absolute Gasteiger partial charge is 0.481 e. The molecule has 13 heavy (non-hydrogen) atoms. The fourth-order valence-electron chi connectivity index (χ4n) is 1.79. The summed E-state index contributed by atoms with van der Waals surface area (Å²) in [4.78, 5) is 18.6. The highest BCUT2D eigenvalue weighted by Gasteiger charge is 2.53. The molecule has 0 aromatic carbocycles. The summed E-state index contributed by atoms with van der Waals surface area (Å²) in [6.07, 6.45) is 3.10. The molecule has 1 fully saturated rings. The molecule has 1 aliphatic rings. The topological polar surface area (TPSA) is 63.1 Å². The molecule has 68 valence electrons. The number of carboxylic acids is 1. The van der Waals surface area contributed by atoms with E-state index in [4.69, 9.17) is 5.11 Å². The summed E-state index contributed by atoms with van der Waals surface area (Å²) >= 11 is 0. The molecule has 2 rings (SSSR count). The molecule has 0 aliphatic heterocycles. The first-order chi connectivity index (χ1) is 6.22. The summed E-state index contributed by atoms with van der Waals surface area (Å²) in [7, 11) is 0. The Hall–Kier alpha value is -1.45. The Morgan fingerprint density at radius 2 is 2.38 bits per heavy atom. The van der Waals surface area contributed by atoms with Gasteiger partial charge in [0, 0.05) is 17.8 Å². The van der Waals surface area contributed by atoms with Crippen LogP contribution in [-0.2, 0) is 4.79 Å². The second-order valence-corrected chi connectivity index (χ2v) is 3.38. The van der Waals surface area contributed by atoms with Gasteiger partial charge in [0.15, 0.2) is 0 Å². The van der Waals surface area contributed by atoms with Gasteiger partial charge < -0.3 is 5.11 Å². The number of nitrogens with zero attached hydrogens (tertiary/aromatic N) is 2. The molecule has 1 aromatic heterocycles. The van der Waals surface area contributed by atoms with Gasteiger partial charge in [0.05, 0.1) is 5.92 Å². The third kappa shape index (κ3) is 1.28. The molecule has 0 saturated heterocycles. The van der Waals surface area contributed by atoms with Gasteiger partial charge in [0.1, 0.15) is 6.33 Å². The van der Waals surface area contributed by atoms with Crippen molar-refractivity contribution in [1.82, 2.24) is 9.97 Å². The predicted molar refractivity (Wildman–Crippen MR) is 45.1 cm³/mol. The lowest BCUT2D eigenvalue weighted by molar-refractivity contribution is -0.138. The van der Waals surface area contributed by atoms with Gasteiger partial charge in [0.2, 0.25) is 0 Å². The molecule has 1 N–H and O–H groups in total. The lowest BCUT2D eigenvalue weighted by atomic mass is 10.2. The Morgan fingerprint density at radius 3 is 2.85 bits per heavy atom. The van der Waals surface area contributed by atoms with E-state index in [9.17, 15) is 4.79 Å². The van der Waals surface area contributed by atoms with E-state index in [-0.39, 0.29) is 17.8 Å². The molecule has 0 bridgehead atoms. The number of hydrogen-bond donors (Lipinski definition) is 1. The molecular weight excluding hydrogens is 168 g/mol. The van der Waals surface area contributed by atoms with Gasteiger partial charge in [-0.2, -0.15) is 0 Å². The predicted octanol–water partition coefficient (Wildman–Crippen LogP) is 0.911. The van der Waals surface area contributed by atoms with Gasteiger partial charge in [-0.3, -0.25) is 4.79 Å². The summed E-state index contributed by atoms with van der Waals surface area (Å²) in [5.41, 5.74) is 0.843. The van der Waals surface area contributed by atoms with Crippen molar-refractivity contribution in [2.45, 2.75) is 12.8 Å². The van der Waals surface area contributed by atoms with Crippen LogP contribution in [0.25, 0.3) is 0 Å². The van der Waals surface area contributed by atoms with Crippen molar-refractivity contribution in [3.63, 3.8) is 0 Å². The number of carbonyl (C=O) groups is 1. The van der Waals surface area contributed by atoms with Crippen LogP contribution in [0.1, 0.15) is 18.5 Å². The maximum absolute atomic E-state index is 10.7.